The molecule has 3 aromatic rings. The van der Waals surface area contributed by atoms with Gasteiger partial charge in [-0.2, -0.15) is 0 Å². The molecule has 0 radical (unpaired) electrons. The predicted octanol–water partition coefficient (Wildman–Crippen LogP) is 4.26. The van der Waals surface area contributed by atoms with Crippen molar-refractivity contribution in [2.75, 3.05) is 18.2 Å². The van der Waals surface area contributed by atoms with E-state index in [1.165, 1.54) is 11.8 Å². The van der Waals surface area contributed by atoms with Gasteiger partial charge in [0.25, 0.3) is 0 Å². The van der Waals surface area contributed by atoms with Crippen LogP contribution in [-0.2, 0) is 18.3 Å². The summed E-state index contributed by atoms with van der Waals surface area (Å²) in [6.45, 7) is 3.97. The zero-order chi connectivity index (χ0) is 21.5. The summed E-state index contributed by atoms with van der Waals surface area (Å²) < 4.78 is 13.2. The van der Waals surface area contributed by atoms with Gasteiger partial charge in [-0.15, -0.1) is 10.2 Å². The van der Waals surface area contributed by atoms with Crippen LogP contribution in [0.25, 0.3) is 0 Å². The van der Waals surface area contributed by atoms with Crippen LogP contribution in [0.2, 0.25) is 0 Å². The molecule has 1 atom stereocenters. The fourth-order valence-electron chi connectivity index (χ4n) is 3.03. The van der Waals surface area contributed by atoms with E-state index in [2.05, 4.69) is 22.4 Å². The summed E-state index contributed by atoms with van der Waals surface area (Å²) in [7, 11) is 3.47. The van der Waals surface area contributed by atoms with E-state index in [4.69, 9.17) is 9.47 Å². The first-order valence-electron chi connectivity index (χ1n) is 9.73. The van der Waals surface area contributed by atoms with Gasteiger partial charge in [0.15, 0.2) is 28.6 Å². The molecule has 8 heteroatoms. The Morgan fingerprint density at radius 2 is 1.83 bits per heavy atom. The monoisotopic (exact) mass is 426 g/mol. The minimum Gasteiger partial charge on any atom is -0.493 e. The second-order valence-corrected chi connectivity index (χ2v) is 7.60. The van der Waals surface area contributed by atoms with Crippen molar-refractivity contribution in [1.29, 1.82) is 0 Å². The molecule has 0 saturated heterocycles. The molecule has 1 heterocycles. The first kappa shape index (κ1) is 21.7. The number of thioether (sulfide) groups is 1. The molecule has 1 amide bonds. The smallest absolute Gasteiger partial charge is 0.234 e. The van der Waals surface area contributed by atoms with Crippen LogP contribution in [0, 0.1) is 0 Å². The number of nitrogens with zero attached hydrogens (tertiary/aromatic N) is 3. The highest BCUT2D eigenvalue weighted by atomic mass is 32.2. The minimum absolute atomic E-state index is 0.0798. The number of carbonyl (C=O) groups excluding carboxylic acids is 1. The molecular weight excluding hydrogens is 400 g/mol. The van der Waals surface area contributed by atoms with Gasteiger partial charge in [0.1, 0.15) is 0 Å². The molecule has 30 heavy (non-hydrogen) atoms. The molecule has 0 aliphatic carbocycles. The Labute approximate surface area is 180 Å². The van der Waals surface area contributed by atoms with Crippen LogP contribution in [0.1, 0.15) is 31.3 Å². The number of carbonyl (C=O) groups is 1. The zero-order valence-electron chi connectivity index (χ0n) is 17.6. The average Bonchev–Trinajstić information content (AvgIpc) is 3.13. The number of benzene rings is 2. The lowest BCUT2D eigenvalue weighted by atomic mass is 10.1. The number of hydrogen-bond acceptors (Lipinski definition) is 6. The van der Waals surface area contributed by atoms with Gasteiger partial charge >= 0.3 is 0 Å². The summed E-state index contributed by atoms with van der Waals surface area (Å²) in [4.78, 5) is 12.4. The second-order valence-electron chi connectivity index (χ2n) is 6.66. The molecule has 1 N–H and O–H groups in total. The van der Waals surface area contributed by atoms with Crippen molar-refractivity contribution in [2.24, 2.45) is 7.05 Å². The van der Waals surface area contributed by atoms with Crippen LogP contribution in [-0.4, -0.2) is 33.5 Å². The molecule has 0 fully saturated rings. The quantitative estimate of drug-likeness (QED) is 0.515. The molecule has 0 spiro atoms. The molecule has 1 aromatic heterocycles. The van der Waals surface area contributed by atoms with Crippen LogP contribution in [0.15, 0.2) is 53.7 Å². The molecule has 2 aromatic carbocycles. The van der Waals surface area contributed by atoms with Crippen molar-refractivity contribution < 1.29 is 14.3 Å². The summed E-state index contributed by atoms with van der Waals surface area (Å²) in [6.07, 6.45) is 0.527. The second kappa shape index (κ2) is 10.2. The number of amides is 1. The highest BCUT2D eigenvalue weighted by Crippen LogP contribution is 2.30. The van der Waals surface area contributed by atoms with E-state index in [1.54, 1.807) is 7.11 Å². The number of nitrogens with one attached hydrogen (secondary N) is 1. The number of hydrogen-bond donors (Lipinski definition) is 1. The van der Waals surface area contributed by atoms with Crippen molar-refractivity contribution in [3.63, 3.8) is 0 Å². The lowest BCUT2D eigenvalue weighted by Gasteiger charge is -2.16. The maximum atomic E-state index is 12.4. The summed E-state index contributed by atoms with van der Waals surface area (Å²) >= 11 is 1.34. The third-order valence-corrected chi connectivity index (χ3v) is 5.63. The van der Waals surface area contributed by atoms with Crippen molar-refractivity contribution in [2.45, 2.75) is 31.5 Å². The molecule has 3 rings (SSSR count). The van der Waals surface area contributed by atoms with Crippen LogP contribution in [0.3, 0.4) is 0 Å². The van der Waals surface area contributed by atoms with Crippen LogP contribution in [0.5, 0.6) is 11.5 Å². The third-order valence-electron chi connectivity index (χ3n) is 4.61. The number of methoxy groups -OCH3 is 1. The fraction of sp³-hybridized carbons (Fsp3) is 0.318. The molecular formula is C22H26N4O3S. The number of aromatic nitrogens is 3. The zero-order valence-corrected chi connectivity index (χ0v) is 18.4. The Morgan fingerprint density at radius 3 is 2.57 bits per heavy atom. The average molecular weight is 427 g/mol. The van der Waals surface area contributed by atoms with E-state index in [9.17, 15) is 4.79 Å². The van der Waals surface area contributed by atoms with Crippen LogP contribution in [0.4, 0.5) is 5.69 Å². The third kappa shape index (κ3) is 5.13. The van der Waals surface area contributed by atoms with Gasteiger partial charge < -0.3 is 19.4 Å². The summed E-state index contributed by atoms with van der Waals surface area (Å²) in [5.74, 6) is 2.12. The first-order valence-corrected chi connectivity index (χ1v) is 10.7. The van der Waals surface area contributed by atoms with Gasteiger partial charge in [-0.3, -0.25) is 4.79 Å². The highest BCUT2D eigenvalue weighted by Gasteiger charge is 2.19. The number of anilines is 1. The van der Waals surface area contributed by atoms with Crippen LogP contribution < -0.4 is 14.8 Å². The van der Waals surface area contributed by atoms with E-state index in [-0.39, 0.29) is 17.8 Å². The number of rotatable bonds is 9. The van der Waals surface area contributed by atoms with Gasteiger partial charge in [0, 0.05) is 12.7 Å². The van der Waals surface area contributed by atoms with E-state index in [1.807, 2.05) is 67.1 Å². The van der Waals surface area contributed by atoms with Gasteiger partial charge in [0.2, 0.25) is 5.91 Å². The van der Waals surface area contributed by atoms with E-state index in [0.29, 0.717) is 22.5 Å². The minimum atomic E-state index is -0.335. The maximum Gasteiger partial charge on any atom is 0.234 e. The molecule has 0 bridgehead atoms. The number of para-hydroxylation sites is 3. The Bertz CT molecular complexity index is 1010. The van der Waals surface area contributed by atoms with Gasteiger partial charge in [0.05, 0.1) is 12.9 Å². The van der Waals surface area contributed by atoms with Crippen LogP contribution >= 0.6 is 11.8 Å². The Balaban J connectivity index is 1.61. The van der Waals surface area contributed by atoms with Gasteiger partial charge in [-0.05, 0) is 37.1 Å². The Morgan fingerprint density at radius 1 is 1.13 bits per heavy atom. The molecule has 158 valence electrons. The van der Waals surface area contributed by atoms with Gasteiger partial charge in [-0.25, -0.2) is 0 Å². The van der Waals surface area contributed by atoms with Crippen molar-refractivity contribution in [1.82, 2.24) is 14.8 Å². The number of ether oxygens (including phenoxy) is 2. The molecule has 1 unspecified atom stereocenters. The molecule has 7 nitrogen and oxygen atoms in total. The molecule has 0 aliphatic heterocycles. The fourth-order valence-corrected chi connectivity index (χ4v) is 3.75. The van der Waals surface area contributed by atoms with E-state index < -0.39 is 0 Å². The van der Waals surface area contributed by atoms with Crippen molar-refractivity contribution in [3.8, 4) is 11.5 Å². The van der Waals surface area contributed by atoms with E-state index >= 15 is 0 Å². The topological polar surface area (TPSA) is 78.3 Å². The Hall–Kier alpha value is -3.00. The Kier molecular flexibility index (Phi) is 7.35. The predicted molar refractivity (Wildman–Crippen MR) is 118 cm³/mol. The van der Waals surface area contributed by atoms with Crippen molar-refractivity contribution in [3.05, 3.63) is 59.9 Å². The van der Waals surface area contributed by atoms with Crippen molar-refractivity contribution >= 4 is 23.4 Å². The summed E-state index contributed by atoms with van der Waals surface area (Å²) in [6, 6.07) is 15.3. The van der Waals surface area contributed by atoms with Gasteiger partial charge in [-0.1, -0.05) is 49.0 Å². The first-order chi connectivity index (χ1) is 14.5. The summed E-state index contributed by atoms with van der Waals surface area (Å²) in [5.41, 5.74) is 1.96. The number of aryl methyl sites for hydroxylation is 1. The largest absolute Gasteiger partial charge is 0.493 e. The molecule has 0 saturated carbocycles. The maximum absolute atomic E-state index is 12.4. The SMILES string of the molecule is CCc1ccccc1NC(=O)CSc1nnc(C(C)Oc2ccccc2OC)n1C. The van der Waals surface area contributed by atoms with E-state index in [0.717, 1.165) is 17.7 Å². The summed E-state index contributed by atoms with van der Waals surface area (Å²) in [5, 5.41) is 12.1. The molecule has 0 aliphatic rings. The lowest BCUT2D eigenvalue weighted by molar-refractivity contribution is -0.113. The highest BCUT2D eigenvalue weighted by molar-refractivity contribution is 7.99. The normalized spacial score (nSPS) is 11.7. The standard InChI is InChI=1S/C22H26N4O3S/c1-5-16-10-6-7-11-17(16)23-20(27)14-30-22-25-24-21(26(22)3)15(2)29-19-13-9-8-12-18(19)28-4/h6-13,15H,5,14H2,1-4H3,(H,23,27). The lowest BCUT2D eigenvalue weighted by Crippen LogP contribution is -2.16.